The van der Waals surface area contributed by atoms with E-state index in [2.05, 4.69) is 41.0 Å². The molecule has 0 saturated heterocycles. The molecule has 0 aliphatic heterocycles. The average Bonchev–Trinajstić information content (AvgIpc) is 2.55. The molecule has 0 unspecified atom stereocenters. The van der Waals surface area contributed by atoms with E-state index in [1.807, 2.05) is 6.07 Å². The highest BCUT2D eigenvalue weighted by Crippen LogP contribution is 2.22. The molecule has 2 rings (SSSR count). The molecule has 0 aliphatic rings. The molecule has 1 N–H and O–H groups in total. The molecule has 2 aromatic rings. The van der Waals surface area contributed by atoms with E-state index in [0.29, 0.717) is 18.1 Å². The Morgan fingerprint density at radius 3 is 2.75 bits per heavy atom. The van der Waals surface area contributed by atoms with E-state index in [1.54, 1.807) is 30.6 Å². The minimum Gasteiger partial charge on any atom is -0.308 e. The maximum atomic E-state index is 12.7. The minimum absolute atomic E-state index is 0.0110. The Morgan fingerprint density at radius 1 is 1.33 bits per heavy atom. The van der Waals surface area contributed by atoms with E-state index in [0.717, 1.165) is 0 Å². The molecule has 0 aliphatic carbocycles. The highest BCUT2D eigenvalue weighted by Gasteiger charge is 2.20. The number of nitrogens with one attached hydrogen (secondary N) is 1. The van der Waals surface area contributed by atoms with Crippen LogP contribution in [0, 0.1) is 16.7 Å². The molecule has 1 amide bonds. The van der Waals surface area contributed by atoms with Crippen LogP contribution in [-0.2, 0) is 4.79 Å². The molecule has 0 fully saturated rings. The molecule has 7 heteroatoms. The number of anilines is 2. The van der Waals surface area contributed by atoms with Gasteiger partial charge in [-0.05, 0) is 23.6 Å². The van der Waals surface area contributed by atoms with Crippen molar-refractivity contribution in [3.05, 3.63) is 42.6 Å². The maximum absolute atomic E-state index is 12.7. The zero-order valence-corrected chi connectivity index (χ0v) is 14.0. The molecule has 2 aromatic heterocycles. The maximum Gasteiger partial charge on any atom is 0.246 e. The first-order chi connectivity index (χ1) is 11.4. The number of hydrogen-bond acceptors (Lipinski definition) is 6. The van der Waals surface area contributed by atoms with E-state index in [1.165, 1.54) is 11.1 Å². The summed E-state index contributed by atoms with van der Waals surface area (Å²) >= 11 is 0. The summed E-state index contributed by atoms with van der Waals surface area (Å²) in [7, 11) is 0. The highest BCUT2D eigenvalue weighted by atomic mass is 16.2. The number of carbonyl (C=O) groups is 1. The number of amides is 1. The summed E-state index contributed by atoms with van der Waals surface area (Å²) in [5.41, 5.74) is 0.658. The van der Waals surface area contributed by atoms with Crippen LogP contribution in [0.2, 0.25) is 0 Å². The third kappa shape index (κ3) is 4.83. The molecule has 0 radical (unpaired) electrons. The van der Waals surface area contributed by atoms with E-state index < -0.39 is 0 Å². The van der Waals surface area contributed by atoms with Crippen LogP contribution in [0.25, 0.3) is 0 Å². The second-order valence-electron chi connectivity index (χ2n) is 6.45. The summed E-state index contributed by atoms with van der Waals surface area (Å²) in [4.78, 5) is 26.2. The lowest BCUT2D eigenvalue weighted by atomic mass is 9.97. The van der Waals surface area contributed by atoms with Crippen molar-refractivity contribution in [2.24, 2.45) is 5.41 Å². The molecule has 0 bridgehead atoms. The highest BCUT2D eigenvalue weighted by molar-refractivity contribution is 6.00. The van der Waals surface area contributed by atoms with Crippen molar-refractivity contribution in [3.8, 4) is 6.07 Å². The van der Waals surface area contributed by atoms with E-state index in [-0.39, 0.29) is 23.7 Å². The fraction of sp³-hybridized carbons (Fsp3) is 0.353. The lowest BCUT2D eigenvalue weighted by molar-refractivity contribution is -0.117. The third-order valence-corrected chi connectivity index (χ3v) is 3.06. The Morgan fingerprint density at radius 2 is 2.12 bits per heavy atom. The van der Waals surface area contributed by atoms with Gasteiger partial charge in [0.15, 0.2) is 0 Å². The fourth-order valence-electron chi connectivity index (χ4n) is 2.04. The van der Waals surface area contributed by atoms with Gasteiger partial charge in [0, 0.05) is 18.9 Å². The molecule has 0 saturated carbocycles. The molecule has 0 atom stereocenters. The minimum atomic E-state index is -0.185. The number of hydrogen-bond donors (Lipinski definition) is 1. The summed E-state index contributed by atoms with van der Waals surface area (Å²) in [6.45, 7) is 7.12. The van der Waals surface area contributed by atoms with Crippen LogP contribution in [0.1, 0.15) is 26.6 Å². The van der Waals surface area contributed by atoms with E-state index in [4.69, 9.17) is 5.26 Å². The van der Waals surface area contributed by atoms with Gasteiger partial charge in [-0.25, -0.2) is 9.97 Å². The van der Waals surface area contributed by atoms with Gasteiger partial charge >= 0.3 is 0 Å². The number of carbonyl (C=O) groups excluding carboxylic acids is 1. The zero-order chi connectivity index (χ0) is 17.6. The van der Waals surface area contributed by atoms with Crippen LogP contribution in [0.3, 0.4) is 0 Å². The number of aromatic nitrogens is 3. The second kappa shape index (κ2) is 7.62. The fourth-order valence-corrected chi connectivity index (χ4v) is 2.04. The quantitative estimate of drug-likeness (QED) is 0.904. The standard InChI is InChI=1S/C17H20N6O/c1-17(2,3)12-20-11-16(24)23(13-5-4-7-19-10-13)15-6-8-21-14(9-18)22-15/h4-8,10,20H,11-12H2,1-3H3. The molecule has 2 heterocycles. The van der Waals surface area contributed by atoms with Crippen molar-refractivity contribution < 1.29 is 4.79 Å². The molecule has 0 spiro atoms. The third-order valence-electron chi connectivity index (χ3n) is 3.06. The van der Waals surface area contributed by atoms with Gasteiger partial charge < -0.3 is 5.32 Å². The smallest absolute Gasteiger partial charge is 0.246 e. The van der Waals surface area contributed by atoms with Crippen molar-refractivity contribution in [1.82, 2.24) is 20.3 Å². The van der Waals surface area contributed by atoms with Crippen LogP contribution in [0.15, 0.2) is 36.8 Å². The molecule has 24 heavy (non-hydrogen) atoms. The van der Waals surface area contributed by atoms with Crippen molar-refractivity contribution in [2.45, 2.75) is 20.8 Å². The van der Waals surface area contributed by atoms with Crippen LogP contribution < -0.4 is 10.2 Å². The van der Waals surface area contributed by atoms with E-state index in [9.17, 15) is 4.79 Å². The molecule has 124 valence electrons. The molecular formula is C17H20N6O. The lowest BCUT2D eigenvalue weighted by Gasteiger charge is -2.23. The van der Waals surface area contributed by atoms with Gasteiger partial charge in [0.2, 0.25) is 11.7 Å². The Balaban J connectivity index is 2.27. The van der Waals surface area contributed by atoms with Gasteiger partial charge in [0.1, 0.15) is 11.9 Å². The summed E-state index contributed by atoms with van der Waals surface area (Å²) in [6.07, 6.45) is 4.67. The van der Waals surface area contributed by atoms with Crippen molar-refractivity contribution in [1.29, 1.82) is 5.26 Å². The van der Waals surface area contributed by atoms with Crippen molar-refractivity contribution in [3.63, 3.8) is 0 Å². The van der Waals surface area contributed by atoms with Crippen molar-refractivity contribution in [2.75, 3.05) is 18.0 Å². The first kappa shape index (κ1) is 17.5. The monoisotopic (exact) mass is 324 g/mol. The van der Waals surface area contributed by atoms with Gasteiger partial charge in [-0.3, -0.25) is 14.7 Å². The van der Waals surface area contributed by atoms with E-state index >= 15 is 0 Å². The Hall–Kier alpha value is -2.85. The van der Waals surface area contributed by atoms with Crippen LogP contribution in [-0.4, -0.2) is 33.9 Å². The molecule has 0 aromatic carbocycles. The Bertz CT molecular complexity index is 733. The normalized spacial score (nSPS) is 10.9. The predicted octanol–water partition coefficient (Wildman–Crippen LogP) is 2.04. The number of nitriles is 1. The van der Waals surface area contributed by atoms with Crippen LogP contribution >= 0.6 is 0 Å². The first-order valence-electron chi connectivity index (χ1n) is 7.57. The van der Waals surface area contributed by atoms with Crippen LogP contribution in [0.4, 0.5) is 11.5 Å². The van der Waals surface area contributed by atoms with Gasteiger partial charge in [-0.15, -0.1) is 0 Å². The number of pyridine rings is 1. The SMILES string of the molecule is CC(C)(C)CNCC(=O)N(c1cccnc1)c1ccnc(C#N)n1. The van der Waals surface area contributed by atoms with Gasteiger partial charge in [-0.1, -0.05) is 20.8 Å². The summed E-state index contributed by atoms with van der Waals surface area (Å²) in [5.74, 6) is 0.170. The zero-order valence-electron chi connectivity index (χ0n) is 14.0. The topological polar surface area (TPSA) is 94.8 Å². The molecule has 7 nitrogen and oxygen atoms in total. The first-order valence-corrected chi connectivity index (χ1v) is 7.57. The van der Waals surface area contributed by atoms with Crippen molar-refractivity contribution >= 4 is 17.4 Å². The van der Waals surface area contributed by atoms with Gasteiger partial charge in [-0.2, -0.15) is 5.26 Å². The number of rotatable bonds is 5. The van der Waals surface area contributed by atoms with Gasteiger partial charge in [0.25, 0.3) is 0 Å². The second-order valence-corrected chi connectivity index (χ2v) is 6.45. The molecular weight excluding hydrogens is 304 g/mol. The van der Waals surface area contributed by atoms with Crippen LogP contribution in [0.5, 0.6) is 0 Å². The summed E-state index contributed by atoms with van der Waals surface area (Å²) in [6, 6.07) is 6.98. The Labute approximate surface area is 141 Å². The number of nitrogens with zero attached hydrogens (tertiary/aromatic N) is 5. The lowest BCUT2D eigenvalue weighted by Crippen LogP contribution is -2.38. The summed E-state index contributed by atoms with van der Waals surface area (Å²) < 4.78 is 0. The summed E-state index contributed by atoms with van der Waals surface area (Å²) in [5, 5.41) is 12.1. The Kier molecular flexibility index (Phi) is 5.55. The van der Waals surface area contributed by atoms with Gasteiger partial charge in [0.05, 0.1) is 18.4 Å². The average molecular weight is 324 g/mol. The predicted molar refractivity (Wildman–Crippen MR) is 90.5 cm³/mol. The largest absolute Gasteiger partial charge is 0.308 e.